The van der Waals surface area contributed by atoms with Gasteiger partial charge in [0, 0.05) is 33.8 Å². The molecule has 4 rings (SSSR count). The fourth-order valence-electron chi connectivity index (χ4n) is 3.24. The van der Waals surface area contributed by atoms with E-state index in [4.69, 9.17) is 16.3 Å². The van der Waals surface area contributed by atoms with Crippen molar-refractivity contribution in [3.8, 4) is 16.9 Å². The fourth-order valence-corrected chi connectivity index (χ4v) is 5.15. The van der Waals surface area contributed by atoms with Crippen LogP contribution in [-0.4, -0.2) is 29.3 Å². The highest BCUT2D eigenvalue weighted by Crippen LogP contribution is 2.43. The van der Waals surface area contributed by atoms with Crippen LogP contribution in [0.25, 0.3) is 21.3 Å². The summed E-state index contributed by atoms with van der Waals surface area (Å²) in [6.07, 6.45) is 4.05. The summed E-state index contributed by atoms with van der Waals surface area (Å²) in [7, 11) is 0. The number of aliphatic hydroxyl groups is 1. The van der Waals surface area contributed by atoms with Gasteiger partial charge in [-0.15, -0.1) is 11.3 Å². The third-order valence-corrected chi connectivity index (χ3v) is 6.40. The number of nitrogens with zero attached hydrogens (tertiary/aromatic N) is 1. The van der Waals surface area contributed by atoms with Gasteiger partial charge >= 0.3 is 0 Å². The first-order valence-electron chi connectivity index (χ1n) is 8.51. The molecular weight excluding hydrogens is 436 g/mol. The molecule has 7 heteroatoms. The van der Waals surface area contributed by atoms with Gasteiger partial charge in [0.25, 0.3) is 0 Å². The number of halogens is 2. The number of hydrogen-bond donors (Lipinski definition) is 2. The standard InChI is InChI=1S/C19H18BrClN2O2S/c20-16-7-11(21)6-15(18(16)25-12-2-1-4-22-9-12)14-3-5-23-17-8-13(10-24)26-19(14)17/h3,5-8,12,22,24H,1-2,4,9-10H2/t12-/m0/s1. The zero-order chi connectivity index (χ0) is 18.1. The van der Waals surface area contributed by atoms with E-state index in [1.807, 2.05) is 24.3 Å². The Bertz CT molecular complexity index is 941. The first-order chi connectivity index (χ1) is 12.7. The molecule has 1 saturated heterocycles. The maximum Gasteiger partial charge on any atom is 0.141 e. The van der Waals surface area contributed by atoms with Gasteiger partial charge in [-0.05, 0) is 59.6 Å². The van der Waals surface area contributed by atoms with Crippen LogP contribution in [0.1, 0.15) is 17.7 Å². The predicted octanol–water partition coefficient (Wildman–Crippen LogP) is 5.00. The summed E-state index contributed by atoms with van der Waals surface area (Å²) in [4.78, 5) is 5.32. The molecular formula is C19H18BrClN2O2S. The van der Waals surface area contributed by atoms with Crippen LogP contribution in [0.5, 0.6) is 5.75 Å². The lowest BCUT2D eigenvalue weighted by atomic mass is 10.0. The SMILES string of the molecule is OCc1cc2nccc(-c3cc(Cl)cc(Br)c3O[C@H]3CCCNC3)c2s1. The molecule has 0 amide bonds. The Hall–Kier alpha value is -1.18. The summed E-state index contributed by atoms with van der Waals surface area (Å²) >= 11 is 11.5. The zero-order valence-electron chi connectivity index (χ0n) is 14.0. The second-order valence-corrected chi connectivity index (χ2v) is 8.72. The third kappa shape index (κ3) is 3.62. The minimum Gasteiger partial charge on any atom is -0.487 e. The van der Waals surface area contributed by atoms with Crippen LogP contribution in [0.3, 0.4) is 0 Å². The first kappa shape index (κ1) is 18.2. The van der Waals surface area contributed by atoms with E-state index < -0.39 is 0 Å². The van der Waals surface area contributed by atoms with Gasteiger partial charge in [-0.2, -0.15) is 0 Å². The van der Waals surface area contributed by atoms with E-state index in [0.717, 1.165) is 62.4 Å². The molecule has 1 aliphatic rings. The second-order valence-electron chi connectivity index (χ2n) is 6.29. The van der Waals surface area contributed by atoms with Crippen molar-refractivity contribution in [1.82, 2.24) is 10.3 Å². The van der Waals surface area contributed by atoms with Crippen LogP contribution < -0.4 is 10.1 Å². The van der Waals surface area contributed by atoms with Gasteiger partial charge in [0.05, 0.1) is 21.3 Å². The van der Waals surface area contributed by atoms with Crippen molar-refractivity contribution in [1.29, 1.82) is 0 Å². The molecule has 0 radical (unpaired) electrons. The molecule has 0 unspecified atom stereocenters. The zero-order valence-corrected chi connectivity index (χ0v) is 17.1. The molecule has 0 bridgehead atoms. The molecule has 26 heavy (non-hydrogen) atoms. The normalized spacial score (nSPS) is 17.6. The lowest BCUT2D eigenvalue weighted by Crippen LogP contribution is -2.37. The van der Waals surface area contributed by atoms with Crippen molar-refractivity contribution in [2.24, 2.45) is 0 Å². The number of rotatable bonds is 4. The molecule has 1 atom stereocenters. The maximum atomic E-state index is 9.48. The van der Waals surface area contributed by atoms with Gasteiger partial charge < -0.3 is 15.2 Å². The molecule has 4 nitrogen and oxygen atoms in total. The summed E-state index contributed by atoms with van der Waals surface area (Å²) in [5, 5.41) is 13.5. The van der Waals surface area contributed by atoms with Crippen molar-refractivity contribution >= 4 is 49.1 Å². The molecule has 1 aromatic carbocycles. The van der Waals surface area contributed by atoms with Crippen LogP contribution in [-0.2, 0) is 6.61 Å². The largest absolute Gasteiger partial charge is 0.487 e. The van der Waals surface area contributed by atoms with Crippen molar-refractivity contribution in [2.75, 3.05) is 13.1 Å². The number of ether oxygens (including phenoxy) is 1. The fraction of sp³-hybridized carbons (Fsp3) is 0.316. The topological polar surface area (TPSA) is 54.4 Å². The Morgan fingerprint density at radius 3 is 3.00 bits per heavy atom. The number of pyridine rings is 1. The molecule has 2 N–H and O–H groups in total. The van der Waals surface area contributed by atoms with Gasteiger partial charge in [-0.3, -0.25) is 4.98 Å². The average Bonchev–Trinajstić information content (AvgIpc) is 3.08. The van der Waals surface area contributed by atoms with Crippen molar-refractivity contribution in [2.45, 2.75) is 25.6 Å². The van der Waals surface area contributed by atoms with Crippen LogP contribution in [0.2, 0.25) is 5.02 Å². The minimum atomic E-state index is 0.0107. The molecule has 1 aliphatic heterocycles. The highest BCUT2D eigenvalue weighted by atomic mass is 79.9. The van der Waals surface area contributed by atoms with Crippen LogP contribution in [0, 0.1) is 0 Å². The molecule has 0 aliphatic carbocycles. The highest BCUT2D eigenvalue weighted by Gasteiger charge is 2.21. The summed E-state index contributed by atoms with van der Waals surface area (Å²) in [5.41, 5.74) is 2.83. The van der Waals surface area contributed by atoms with E-state index in [1.54, 1.807) is 17.5 Å². The molecule has 0 spiro atoms. The van der Waals surface area contributed by atoms with E-state index in [1.165, 1.54) is 0 Å². The number of thiophene rings is 1. The molecule has 1 fully saturated rings. The van der Waals surface area contributed by atoms with E-state index in [-0.39, 0.29) is 12.7 Å². The Kier molecular flexibility index (Phi) is 5.47. The lowest BCUT2D eigenvalue weighted by Gasteiger charge is -2.26. The monoisotopic (exact) mass is 452 g/mol. The number of piperidine rings is 1. The number of nitrogens with one attached hydrogen (secondary N) is 1. The molecule has 136 valence electrons. The second kappa shape index (κ2) is 7.82. The molecule has 0 saturated carbocycles. The van der Waals surface area contributed by atoms with E-state index in [0.29, 0.717) is 5.02 Å². The Labute approximate surface area is 169 Å². The molecule has 3 heterocycles. The number of aromatic nitrogens is 1. The van der Waals surface area contributed by atoms with Gasteiger partial charge in [0.15, 0.2) is 0 Å². The average molecular weight is 454 g/mol. The number of hydrogen-bond acceptors (Lipinski definition) is 5. The summed E-state index contributed by atoms with van der Waals surface area (Å²) in [5.74, 6) is 0.801. The Morgan fingerprint density at radius 2 is 2.23 bits per heavy atom. The molecule has 2 aromatic heterocycles. The van der Waals surface area contributed by atoms with E-state index >= 15 is 0 Å². The van der Waals surface area contributed by atoms with Crippen molar-refractivity contribution < 1.29 is 9.84 Å². The third-order valence-electron chi connectivity index (χ3n) is 4.45. The summed E-state index contributed by atoms with van der Waals surface area (Å²) in [6, 6.07) is 7.70. The van der Waals surface area contributed by atoms with Crippen molar-refractivity contribution in [3.05, 3.63) is 44.8 Å². The van der Waals surface area contributed by atoms with Crippen LogP contribution in [0.15, 0.2) is 34.9 Å². The van der Waals surface area contributed by atoms with Crippen LogP contribution >= 0.6 is 38.9 Å². The highest BCUT2D eigenvalue weighted by molar-refractivity contribution is 9.10. The Balaban J connectivity index is 1.84. The van der Waals surface area contributed by atoms with Crippen LogP contribution in [0.4, 0.5) is 0 Å². The quantitative estimate of drug-likeness (QED) is 0.583. The summed E-state index contributed by atoms with van der Waals surface area (Å²) in [6.45, 7) is 1.89. The smallest absolute Gasteiger partial charge is 0.141 e. The van der Waals surface area contributed by atoms with Gasteiger partial charge in [0.2, 0.25) is 0 Å². The van der Waals surface area contributed by atoms with Gasteiger partial charge in [-0.25, -0.2) is 0 Å². The maximum absolute atomic E-state index is 9.48. The summed E-state index contributed by atoms with van der Waals surface area (Å²) < 4.78 is 8.24. The predicted molar refractivity (Wildman–Crippen MR) is 110 cm³/mol. The van der Waals surface area contributed by atoms with Gasteiger partial charge in [-0.1, -0.05) is 11.6 Å². The number of fused-ring (bicyclic) bond motifs is 1. The Morgan fingerprint density at radius 1 is 1.35 bits per heavy atom. The van der Waals surface area contributed by atoms with E-state index in [9.17, 15) is 5.11 Å². The number of aliphatic hydroxyl groups excluding tert-OH is 1. The lowest BCUT2D eigenvalue weighted by molar-refractivity contribution is 0.167. The molecule has 3 aromatic rings. The minimum absolute atomic E-state index is 0.0107. The first-order valence-corrected chi connectivity index (χ1v) is 10.5. The number of benzene rings is 1. The van der Waals surface area contributed by atoms with Crippen molar-refractivity contribution in [3.63, 3.8) is 0 Å². The van der Waals surface area contributed by atoms with E-state index in [2.05, 4.69) is 26.2 Å². The van der Waals surface area contributed by atoms with Gasteiger partial charge in [0.1, 0.15) is 11.9 Å².